The fourth-order valence-corrected chi connectivity index (χ4v) is 1.42. The van der Waals surface area contributed by atoms with E-state index in [1.165, 1.54) is 0 Å². The molecular weight excluding hydrogens is 188 g/mol. The molecule has 0 aliphatic heterocycles. The molecule has 3 nitrogen and oxygen atoms in total. The highest BCUT2D eigenvalue weighted by molar-refractivity contribution is 5.40. The maximum Gasteiger partial charge on any atom is 0.174 e. The van der Waals surface area contributed by atoms with Crippen molar-refractivity contribution in [2.75, 3.05) is 13.2 Å². The Balaban J connectivity index is 2.83. The zero-order valence-corrected chi connectivity index (χ0v) is 9.21. The fraction of sp³-hybridized carbons (Fsp3) is 0.417. The Kier molecular flexibility index (Phi) is 4.65. The maximum absolute atomic E-state index is 8.49. The highest BCUT2D eigenvalue weighted by atomic mass is 16.5. The van der Waals surface area contributed by atoms with Crippen molar-refractivity contribution >= 4 is 0 Å². The smallest absolute Gasteiger partial charge is 0.174 e. The third-order valence-electron chi connectivity index (χ3n) is 2.14. The first-order chi connectivity index (χ1) is 7.29. The molecule has 0 amide bonds. The summed E-state index contributed by atoms with van der Waals surface area (Å²) in [5, 5.41) is 11.7. The van der Waals surface area contributed by atoms with Crippen molar-refractivity contribution in [3.8, 4) is 11.8 Å². The molecule has 0 bridgehead atoms. The number of nitriles is 1. The number of hydrogen-bond acceptors (Lipinski definition) is 3. The van der Waals surface area contributed by atoms with Gasteiger partial charge < -0.3 is 10.1 Å². The first kappa shape index (κ1) is 11.5. The molecule has 80 valence electrons. The predicted molar refractivity (Wildman–Crippen MR) is 59.7 cm³/mol. The molecule has 0 saturated heterocycles. The van der Waals surface area contributed by atoms with E-state index in [1.54, 1.807) is 0 Å². The van der Waals surface area contributed by atoms with Gasteiger partial charge >= 0.3 is 0 Å². The van der Waals surface area contributed by atoms with Gasteiger partial charge in [-0.2, -0.15) is 5.26 Å². The topological polar surface area (TPSA) is 45.0 Å². The van der Waals surface area contributed by atoms with Gasteiger partial charge in [0.2, 0.25) is 0 Å². The number of benzene rings is 1. The number of nitrogens with zero attached hydrogens (tertiary/aromatic N) is 1. The minimum absolute atomic E-state index is 0.101. The molecule has 15 heavy (non-hydrogen) atoms. The molecule has 1 rings (SSSR count). The average molecular weight is 204 g/mol. The van der Waals surface area contributed by atoms with Crippen LogP contribution in [0.5, 0.6) is 5.75 Å². The van der Waals surface area contributed by atoms with Crippen LogP contribution < -0.4 is 10.1 Å². The molecule has 0 heterocycles. The number of rotatable bonds is 5. The largest absolute Gasteiger partial charge is 0.478 e. The van der Waals surface area contributed by atoms with E-state index in [0.29, 0.717) is 0 Å². The second kappa shape index (κ2) is 6.05. The van der Waals surface area contributed by atoms with Crippen LogP contribution in [-0.4, -0.2) is 13.2 Å². The summed E-state index contributed by atoms with van der Waals surface area (Å²) in [7, 11) is 0. The quantitative estimate of drug-likeness (QED) is 0.798. The van der Waals surface area contributed by atoms with Gasteiger partial charge in [-0.1, -0.05) is 25.1 Å². The summed E-state index contributed by atoms with van der Waals surface area (Å²) in [6, 6.07) is 7.99. The van der Waals surface area contributed by atoms with E-state index in [1.807, 2.05) is 31.2 Å². The van der Waals surface area contributed by atoms with E-state index < -0.39 is 0 Å². The predicted octanol–water partition coefficient (Wildman–Crippen LogP) is 2.01. The Hall–Kier alpha value is -1.53. The molecule has 0 aliphatic rings. The van der Waals surface area contributed by atoms with Gasteiger partial charge in [-0.3, -0.25) is 0 Å². The molecule has 0 fully saturated rings. The maximum atomic E-state index is 8.49. The summed E-state index contributed by atoms with van der Waals surface area (Å²) in [6.45, 7) is 5.85. The molecule has 0 aliphatic carbocycles. The zero-order chi connectivity index (χ0) is 11.1. The summed E-state index contributed by atoms with van der Waals surface area (Å²) >= 11 is 0. The monoisotopic (exact) mass is 204 g/mol. The van der Waals surface area contributed by atoms with E-state index in [4.69, 9.17) is 10.00 Å². The van der Waals surface area contributed by atoms with Crippen LogP contribution in [0.2, 0.25) is 0 Å². The fourth-order valence-electron chi connectivity index (χ4n) is 1.42. The minimum atomic E-state index is 0.101. The van der Waals surface area contributed by atoms with Crippen molar-refractivity contribution in [2.45, 2.75) is 20.4 Å². The molecule has 1 N–H and O–H groups in total. The SMILES string of the molecule is CCNCc1cccc(C)c1OCC#N. The highest BCUT2D eigenvalue weighted by Crippen LogP contribution is 2.23. The van der Waals surface area contributed by atoms with Crippen molar-refractivity contribution < 1.29 is 4.74 Å². The summed E-state index contributed by atoms with van der Waals surface area (Å²) in [4.78, 5) is 0. The van der Waals surface area contributed by atoms with Gasteiger partial charge in [0, 0.05) is 12.1 Å². The van der Waals surface area contributed by atoms with Gasteiger partial charge in [0.15, 0.2) is 6.61 Å². The van der Waals surface area contributed by atoms with Crippen LogP contribution in [0.15, 0.2) is 18.2 Å². The van der Waals surface area contributed by atoms with Gasteiger partial charge in [-0.05, 0) is 19.0 Å². The molecule has 1 aromatic rings. The Morgan fingerprint density at radius 1 is 1.47 bits per heavy atom. The summed E-state index contributed by atoms with van der Waals surface area (Å²) in [5.41, 5.74) is 2.17. The van der Waals surface area contributed by atoms with Crippen molar-refractivity contribution in [2.24, 2.45) is 0 Å². The van der Waals surface area contributed by atoms with Gasteiger partial charge in [0.05, 0.1) is 0 Å². The number of aryl methyl sites for hydroxylation is 1. The second-order valence-electron chi connectivity index (χ2n) is 3.29. The van der Waals surface area contributed by atoms with Gasteiger partial charge in [-0.25, -0.2) is 0 Å². The van der Waals surface area contributed by atoms with E-state index in [-0.39, 0.29) is 6.61 Å². The van der Waals surface area contributed by atoms with Crippen molar-refractivity contribution in [3.05, 3.63) is 29.3 Å². The molecule has 3 heteroatoms. The molecule has 0 radical (unpaired) electrons. The van der Waals surface area contributed by atoms with E-state index in [0.717, 1.165) is 30.0 Å². The molecule has 0 unspecified atom stereocenters. The number of hydrogen-bond donors (Lipinski definition) is 1. The Labute approximate surface area is 90.7 Å². The van der Waals surface area contributed by atoms with Crippen LogP contribution in [0.1, 0.15) is 18.1 Å². The highest BCUT2D eigenvalue weighted by Gasteiger charge is 2.05. The summed E-state index contributed by atoms with van der Waals surface area (Å²) in [5.74, 6) is 0.833. The van der Waals surface area contributed by atoms with E-state index in [9.17, 15) is 0 Å². The third-order valence-corrected chi connectivity index (χ3v) is 2.14. The molecule has 0 aromatic heterocycles. The van der Waals surface area contributed by atoms with Gasteiger partial charge in [0.25, 0.3) is 0 Å². The van der Waals surface area contributed by atoms with Crippen molar-refractivity contribution in [1.29, 1.82) is 5.26 Å². The third kappa shape index (κ3) is 3.26. The normalized spacial score (nSPS) is 9.67. The molecule has 0 saturated carbocycles. The molecule has 1 aromatic carbocycles. The first-order valence-corrected chi connectivity index (χ1v) is 5.08. The number of nitrogens with one attached hydrogen (secondary N) is 1. The molecular formula is C12H16N2O. The van der Waals surface area contributed by atoms with Crippen LogP contribution in [0.25, 0.3) is 0 Å². The van der Waals surface area contributed by atoms with Crippen LogP contribution >= 0.6 is 0 Å². The Morgan fingerprint density at radius 2 is 2.27 bits per heavy atom. The lowest BCUT2D eigenvalue weighted by Gasteiger charge is -2.12. The van der Waals surface area contributed by atoms with Crippen molar-refractivity contribution in [3.63, 3.8) is 0 Å². The molecule has 0 spiro atoms. The Morgan fingerprint density at radius 3 is 2.93 bits per heavy atom. The minimum Gasteiger partial charge on any atom is -0.478 e. The van der Waals surface area contributed by atoms with E-state index >= 15 is 0 Å². The lowest BCUT2D eigenvalue weighted by atomic mass is 10.1. The first-order valence-electron chi connectivity index (χ1n) is 5.08. The van der Waals surface area contributed by atoms with Gasteiger partial charge in [-0.15, -0.1) is 0 Å². The number of para-hydroxylation sites is 1. The lowest BCUT2D eigenvalue weighted by molar-refractivity contribution is 0.360. The van der Waals surface area contributed by atoms with Crippen LogP contribution in [0, 0.1) is 18.3 Å². The van der Waals surface area contributed by atoms with Crippen molar-refractivity contribution in [1.82, 2.24) is 5.32 Å². The Bertz CT molecular complexity index is 355. The van der Waals surface area contributed by atoms with Crippen LogP contribution in [-0.2, 0) is 6.54 Å². The number of ether oxygens (including phenoxy) is 1. The zero-order valence-electron chi connectivity index (χ0n) is 9.21. The van der Waals surface area contributed by atoms with Crippen LogP contribution in [0.4, 0.5) is 0 Å². The summed E-state index contributed by atoms with van der Waals surface area (Å²) < 4.78 is 5.41. The van der Waals surface area contributed by atoms with Crippen LogP contribution in [0.3, 0.4) is 0 Å². The average Bonchev–Trinajstić information content (AvgIpc) is 2.25. The lowest BCUT2D eigenvalue weighted by Crippen LogP contribution is -2.13. The standard InChI is InChI=1S/C12H16N2O/c1-3-14-9-11-6-4-5-10(2)12(11)15-8-7-13/h4-6,14H,3,8-9H2,1-2H3. The van der Waals surface area contributed by atoms with Gasteiger partial charge in [0.1, 0.15) is 11.8 Å². The second-order valence-corrected chi connectivity index (χ2v) is 3.29. The summed E-state index contributed by atoms with van der Waals surface area (Å²) in [6.07, 6.45) is 0. The van der Waals surface area contributed by atoms with E-state index in [2.05, 4.69) is 12.2 Å². The molecule has 0 atom stereocenters.